The Balaban J connectivity index is 1.31. The van der Waals surface area contributed by atoms with E-state index in [0.717, 1.165) is 22.4 Å². The number of aryl methyl sites for hydroxylation is 1. The summed E-state index contributed by atoms with van der Waals surface area (Å²) in [5, 5.41) is 5.95. The molecule has 0 bridgehead atoms. The molecule has 0 saturated carbocycles. The van der Waals surface area contributed by atoms with Crippen molar-refractivity contribution in [3.8, 4) is 17.1 Å². The zero-order valence-electron chi connectivity index (χ0n) is 17.4. The molecule has 0 radical (unpaired) electrons. The number of amides is 1. The van der Waals surface area contributed by atoms with Gasteiger partial charge in [-0.25, -0.2) is 5.43 Å². The van der Waals surface area contributed by atoms with E-state index in [1.165, 1.54) is 0 Å². The molecule has 3 aromatic rings. The molecule has 0 aliphatic carbocycles. The standard InChI is InChI=1S/C23H23N5O3/c1-15-7-3-4-8-16(15)22-24-21(31-26-22)14-27-11-12-28-19(23(27)29)13-18(25-28)17-9-5-6-10-20(17)30-2/h3-12,18-19,25H,13-14H2,1-2H3. The van der Waals surface area contributed by atoms with Crippen LogP contribution < -0.4 is 10.2 Å². The van der Waals surface area contributed by atoms with Crippen molar-refractivity contribution in [2.24, 2.45) is 0 Å². The maximum absolute atomic E-state index is 13.1. The summed E-state index contributed by atoms with van der Waals surface area (Å²) < 4.78 is 10.9. The number of ether oxygens (including phenoxy) is 1. The zero-order valence-corrected chi connectivity index (χ0v) is 17.4. The van der Waals surface area contributed by atoms with Gasteiger partial charge in [0.2, 0.25) is 11.7 Å². The summed E-state index contributed by atoms with van der Waals surface area (Å²) in [5.74, 6) is 1.73. The van der Waals surface area contributed by atoms with Gasteiger partial charge in [-0.1, -0.05) is 47.6 Å². The lowest BCUT2D eigenvalue weighted by Crippen LogP contribution is -2.47. The smallest absolute Gasteiger partial charge is 0.251 e. The fraction of sp³-hybridized carbons (Fsp3) is 0.261. The van der Waals surface area contributed by atoms with E-state index in [2.05, 4.69) is 15.6 Å². The monoisotopic (exact) mass is 417 g/mol. The Hall–Kier alpha value is -3.65. The van der Waals surface area contributed by atoms with Crippen molar-refractivity contribution in [1.29, 1.82) is 0 Å². The molecule has 8 nitrogen and oxygen atoms in total. The van der Waals surface area contributed by atoms with Gasteiger partial charge in [0.05, 0.1) is 13.2 Å². The molecule has 5 rings (SSSR count). The number of benzene rings is 2. The predicted molar refractivity (Wildman–Crippen MR) is 113 cm³/mol. The van der Waals surface area contributed by atoms with Crippen molar-refractivity contribution >= 4 is 5.91 Å². The maximum Gasteiger partial charge on any atom is 0.251 e. The SMILES string of the molecule is COc1ccccc1C1CC2C(=O)N(Cc3nc(-c4ccccc4C)no3)C=CN2N1. The largest absolute Gasteiger partial charge is 0.496 e. The van der Waals surface area contributed by atoms with E-state index in [1.807, 2.05) is 66.7 Å². The average molecular weight is 417 g/mol. The molecule has 0 spiro atoms. The van der Waals surface area contributed by atoms with Gasteiger partial charge in [0.15, 0.2) is 0 Å². The minimum absolute atomic E-state index is 0.00855. The van der Waals surface area contributed by atoms with Crippen LogP contribution >= 0.6 is 0 Å². The number of methoxy groups -OCH3 is 1. The minimum atomic E-state index is -0.307. The van der Waals surface area contributed by atoms with Crippen LogP contribution in [-0.2, 0) is 11.3 Å². The van der Waals surface area contributed by atoms with Crippen molar-refractivity contribution in [1.82, 2.24) is 25.5 Å². The highest BCUT2D eigenvalue weighted by molar-refractivity contribution is 5.84. The number of hydrazine groups is 1. The van der Waals surface area contributed by atoms with Crippen molar-refractivity contribution in [3.63, 3.8) is 0 Å². The van der Waals surface area contributed by atoms with Gasteiger partial charge in [-0.3, -0.25) is 4.79 Å². The lowest BCUT2D eigenvalue weighted by atomic mass is 10.00. The number of aromatic nitrogens is 2. The first kappa shape index (κ1) is 19.3. The zero-order chi connectivity index (χ0) is 21.4. The van der Waals surface area contributed by atoms with E-state index < -0.39 is 0 Å². The fourth-order valence-corrected chi connectivity index (χ4v) is 4.12. The first-order chi connectivity index (χ1) is 15.1. The molecule has 2 aliphatic heterocycles. The Morgan fingerprint density at radius 1 is 1.16 bits per heavy atom. The Morgan fingerprint density at radius 2 is 1.97 bits per heavy atom. The van der Waals surface area contributed by atoms with Crippen LogP contribution in [0.2, 0.25) is 0 Å². The molecule has 2 aliphatic rings. The summed E-state index contributed by atoms with van der Waals surface area (Å²) in [6, 6.07) is 15.4. The van der Waals surface area contributed by atoms with Gasteiger partial charge >= 0.3 is 0 Å². The van der Waals surface area contributed by atoms with Gasteiger partial charge < -0.3 is 19.2 Å². The molecule has 1 aromatic heterocycles. The van der Waals surface area contributed by atoms with Crippen LogP contribution in [0.15, 0.2) is 65.5 Å². The minimum Gasteiger partial charge on any atom is -0.496 e. The molecule has 2 unspecified atom stereocenters. The van der Waals surface area contributed by atoms with Crippen LogP contribution in [-0.4, -0.2) is 39.1 Å². The van der Waals surface area contributed by atoms with Crippen molar-refractivity contribution in [3.05, 3.63) is 77.9 Å². The molecule has 3 heterocycles. The van der Waals surface area contributed by atoms with E-state index in [4.69, 9.17) is 9.26 Å². The molecule has 2 aromatic carbocycles. The predicted octanol–water partition coefficient (Wildman–Crippen LogP) is 3.19. The molecule has 1 amide bonds. The van der Waals surface area contributed by atoms with Gasteiger partial charge in [-0.2, -0.15) is 4.98 Å². The second kappa shape index (κ2) is 7.88. The van der Waals surface area contributed by atoms with E-state index in [-0.39, 0.29) is 24.5 Å². The van der Waals surface area contributed by atoms with Gasteiger partial charge in [0.1, 0.15) is 18.3 Å². The van der Waals surface area contributed by atoms with Crippen molar-refractivity contribution in [2.45, 2.75) is 32.0 Å². The summed E-state index contributed by atoms with van der Waals surface area (Å²) in [4.78, 5) is 19.3. The molecule has 8 heteroatoms. The molecule has 2 atom stereocenters. The average Bonchev–Trinajstić information content (AvgIpc) is 3.44. The summed E-state index contributed by atoms with van der Waals surface area (Å²) >= 11 is 0. The van der Waals surface area contributed by atoms with E-state index in [1.54, 1.807) is 18.2 Å². The van der Waals surface area contributed by atoms with Crippen LogP contribution in [0.3, 0.4) is 0 Å². The van der Waals surface area contributed by atoms with E-state index in [0.29, 0.717) is 18.1 Å². The molecule has 31 heavy (non-hydrogen) atoms. The Kier molecular flexibility index (Phi) is 4.91. The normalized spacial score (nSPS) is 20.3. The summed E-state index contributed by atoms with van der Waals surface area (Å²) in [6.45, 7) is 2.24. The number of carbonyl (C=O) groups excluding carboxylic acids is 1. The van der Waals surface area contributed by atoms with Gasteiger partial charge in [0.25, 0.3) is 5.91 Å². The van der Waals surface area contributed by atoms with Gasteiger partial charge in [-0.15, -0.1) is 0 Å². The number of carbonyl (C=O) groups is 1. The number of hydrogen-bond donors (Lipinski definition) is 1. The molecule has 1 N–H and O–H groups in total. The van der Waals surface area contributed by atoms with Gasteiger partial charge in [-0.05, 0) is 25.0 Å². The summed E-state index contributed by atoms with van der Waals surface area (Å²) in [5.41, 5.74) is 6.42. The highest BCUT2D eigenvalue weighted by atomic mass is 16.5. The number of para-hydroxylation sites is 1. The van der Waals surface area contributed by atoms with E-state index >= 15 is 0 Å². The maximum atomic E-state index is 13.1. The third kappa shape index (κ3) is 3.55. The number of nitrogens with one attached hydrogen (secondary N) is 1. The molecule has 1 saturated heterocycles. The van der Waals surface area contributed by atoms with Crippen LogP contribution in [0.1, 0.15) is 29.5 Å². The van der Waals surface area contributed by atoms with Crippen molar-refractivity contribution in [2.75, 3.05) is 7.11 Å². The molecule has 158 valence electrons. The number of rotatable bonds is 5. The van der Waals surface area contributed by atoms with Crippen molar-refractivity contribution < 1.29 is 14.1 Å². The second-order valence-electron chi connectivity index (χ2n) is 7.67. The number of hydrogen-bond acceptors (Lipinski definition) is 7. The molecular formula is C23H23N5O3. The number of nitrogens with zero attached hydrogens (tertiary/aromatic N) is 4. The van der Waals surface area contributed by atoms with Crippen LogP contribution in [0.5, 0.6) is 5.75 Å². The summed E-state index contributed by atoms with van der Waals surface area (Å²) in [7, 11) is 1.66. The van der Waals surface area contributed by atoms with Crippen LogP contribution in [0, 0.1) is 6.92 Å². The Morgan fingerprint density at radius 3 is 2.81 bits per heavy atom. The Labute approximate surface area is 180 Å². The number of fused-ring (bicyclic) bond motifs is 1. The fourth-order valence-electron chi connectivity index (χ4n) is 4.12. The summed E-state index contributed by atoms with van der Waals surface area (Å²) in [6.07, 6.45) is 4.26. The highest BCUT2D eigenvalue weighted by Crippen LogP contribution is 2.35. The van der Waals surface area contributed by atoms with Crippen LogP contribution in [0.4, 0.5) is 0 Å². The van der Waals surface area contributed by atoms with Crippen LogP contribution in [0.25, 0.3) is 11.4 Å². The third-order valence-electron chi connectivity index (χ3n) is 5.75. The first-order valence-electron chi connectivity index (χ1n) is 10.2. The quantitative estimate of drug-likeness (QED) is 0.683. The lowest BCUT2D eigenvalue weighted by Gasteiger charge is -2.30. The molecular weight excluding hydrogens is 394 g/mol. The second-order valence-corrected chi connectivity index (χ2v) is 7.67. The van der Waals surface area contributed by atoms with E-state index in [9.17, 15) is 4.79 Å². The molecule has 1 fully saturated rings. The topological polar surface area (TPSA) is 83.7 Å². The third-order valence-corrected chi connectivity index (χ3v) is 5.75. The first-order valence-corrected chi connectivity index (χ1v) is 10.2. The lowest BCUT2D eigenvalue weighted by molar-refractivity contribution is -0.135. The highest BCUT2D eigenvalue weighted by Gasteiger charge is 2.41. The van der Waals surface area contributed by atoms with Gasteiger partial charge in [0, 0.05) is 23.5 Å². The Bertz CT molecular complexity index is 1140.